The van der Waals surface area contributed by atoms with Gasteiger partial charge in [-0.1, -0.05) is 37.3 Å². The minimum atomic E-state index is -3.62. The van der Waals surface area contributed by atoms with E-state index >= 15 is 0 Å². The topological polar surface area (TPSA) is 84.9 Å². The summed E-state index contributed by atoms with van der Waals surface area (Å²) in [6, 6.07) is 18.1. The third kappa shape index (κ3) is 4.96. The van der Waals surface area contributed by atoms with Gasteiger partial charge in [0.05, 0.1) is 17.7 Å². The van der Waals surface area contributed by atoms with E-state index in [-0.39, 0.29) is 10.8 Å². The number of carbonyl (C=O) groups is 1. The predicted octanol–water partition coefficient (Wildman–Crippen LogP) is 4.43. The van der Waals surface area contributed by atoms with E-state index in [1.54, 1.807) is 6.07 Å². The van der Waals surface area contributed by atoms with Crippen LogP contribution in [0.5, 0.6) is 11.5 Å². The number of ether oxygens (including phenoxy) is 2. The maximum Gasteiger partial charge on any atom is 0.265 e. The molecule has 0 bridgehead atoms. The Morgan fingerprint density at radius 3 is 2.45 bits per heavy atom. The molecule has 3 aromatic carbocycles. The second-order valence-corrected chi connectivity index (χ2v) is 9.92. The highest BCUT2D eigenvalue weighted by Gasteiger charge is 2.28. The summed E-state index contributed by atoms with van der Waals surface area (Å²) < 4.78 is 38.7. The van der Waals surface area contributed by atoms with Gasteiger partial charge in [-0.3, -0.25) is 4.79 Å². The number of sulfonamides is 1. The predicted molar refractivity (Wildman–Crippen MR) is 128 cm³/mol. The zero-order chi connectivity index (χ0) is 23.4. The van der Waals surface area contributed by atoms with E-state index in [2.05, 4.69) is 5.32 Å². The number of anilines is 1. The van der Waals surface area contributed by atoms with Crippen molar-refractivity contribution in [2.24, 2.45) is 0 Å². The molecule has 3 aromatic rings. The fraction of sp³-hybridized carbons (Fsp3) is 0.320. The Labute approximate surface area is 194 Å². The Balaban J connectivity index is 1.55. The lowest BCUT2D eigenvalue weighted by Gasteiger charge is -2.20. The summed E-state index contributed by atoms with van der Waals surface area (Å²) in [7, 11) is -2.15. The first kappa shape index (κ1) is 23.1. The first-order valence-corrected chi connectivity index (χ1v) is 12.5. The molecule has 1 fully saturated rings. The molecule has 1 saturated heterocycles. The lowest BCUT2D eigenvalue weighted by molar-refractivity contribution is -0.122. The molecule has 1 unspecified atom stereocenters. The van der Waals surface area contributed by atoms with E-state index in [4.69, 9.17) is 9.47 Å². The molecule has 1 heterocycles. The molecule has 0 spiro atoms. The Morgan fingerprint density at radius 1 is 1.03 bits per heavy atom. The maximum atomic E-state index is 13.0. The Morgan fingerprint density at radius 2 is 1.76 bits per heavy atom. The molecular formula is C25H28N2O5S. The monoisotopic (exact) mass is 468 g/mol. The molecule has 33 heavy (non-hydrogen) atoms. The van der Waals surface area contributed by atoms with Gasteiger partial charge < -0.3 is 14.8 Å². The van der Waals surface area contributed by atoms with Crippen LogP contribution >= 0.6 is 0 Å². The molecule has 0 radical (unpaired) electrons. The average Bonchev–Trinajstić information content (AvgIpc) is 3.38. The number of carbonyl (C=O) groups excluding carboxylic acids is 1. The van der Waals surface area contributed by atoms with Crippen molar-refractivity contribution in [3.63, 3.8) is 0 Å². The molecule has 1 N–H and O–H groups in total. The van der Waals surface area contributed by atoms with Crippen molar-refractivity contribution in [1.29, 1.82) is 0 Å². The number of amides is 1. The fourth-order valence-electron chi connectivity index (χ4n) is 3.96. The second-order valence-electron chi connectivity index (χ2n) is 7.99. The number of rotatable bonds is 8. The van der Waals surface area contributed by atoms with Gasteiger partial charge in [-0.25, -0.2) is 8.42 Å². The van der Waals surface area contributed by atoms with E-state index in [1.165, 1.54) is 23.5 Å². The number of methoxy groups -OCH3 is 1. The maximum absolute atomic E-state index is 13.0. The highest BCUT2D eigenvalue weighted by Crippen LogP contribution is 2.31. The van der Waals surface area contributed by atoms with Crippen LogP contribution in [0.4, 0.5) is 5.69 Å². The molecule has 1 aliphatic heterocycles. The molecule has 1 amide bonds. The molecule has 0 aromatic heterocycles. The van der Waals surface area contributed by atoms with Gasteiger partial charge in [0.15, 0.2) is 6.10 Å². The van der Waals surface area contributed by atoms with Crippen molar-refractivity contribution in [3.8, 4) is 11.5 Å². The van der Waals surface area contributed by atoms with Crippen LogP contribution in [-0.2, 0) is 14.8 Å². The van der Waals surface area contributed by atoms with Crippen LogP contribution in [0.25, 0.3) is 10.8 Å². The van der Waals surface area contributed by atoms with Crippen molar-refractivity contribution in [3.05, 3.63) is 60.7 Å². The zero-order valence-electron chi connectivity index (χ0n) is 18.8. The number of hydrogen-bond donors (Lipinski definition) is 1. The summed E-state index contributed by atoms with van der Waals surface area (Å²) >= 11 is 0. The van der Waals surface area contributed by atoms with Gasteiger partial charge in [-0.2, -0.15) is 4.31 Å². The smallest absolute Gasteiger partial charge is 0.265 e. The van der Waals surface area contributed by atoms with Gasteiger partial charge in [0, 0.05) is 13.1 Å². The van der Waals surface area contributed by atoms with Gasteiger partial charge in [-0.05, 0) is 60.4 Å². The number of benzene rings is 3. The van der Waals surface area contributed by atoms with Gasteiger partial charge in [0.2, 0.25) is 10.0 Å². The highest BCUT2D eigenvalue weighted by atomic mass is 32.2. The second kappa shape index (κ2) is 9.80. The number of nitrogens with one attached hydrogen (secondary N) is 1. The zero-order valence-corrected chi connectivity index (χ0v) is 19.6. The summed E-state index contributed by atoms with van der Waals surface area (Å²) in [5.41, 5.74) is 0.295. The third-order valence-electron chi connectivity index (χ3n) is 5.79. The molecular weight excluding hydrogens is 440 g/mol. The van der Waals surface area contributed by atoms with Crippen LogP contribution < -0.4 is 14.8 Å². The third-order valence-corrected chi connectivity index (χ3v) is 7.69. The standard InChI is InChI=1S/C25H28N2O5S/c1-3-23(32-20-11-10-18-8-4-5-9-19(18)16-20)25(28)26-22-17-21(12-13-24(22)31-2)33(29,30)27-14-6-7-15-27/h4-5,8-13,16-17,23H,3,6-7,14-15H2,1-2H3,(H,26,28). The van der Waals surface area contributed by atoms with Crippen LogP contribution in [-0.4, -0.2) is 44.9 Å². The lowest BCUT2D eigenvalue weighted by atomic mass is 10.1. The van der Waals surface area contributed by atoms with Crippen molar-refractivity contribution in [2.45, 2.75) is 37.2 Å². The summed E-state index contributed by atoms with van der Waals surface area (Å²) in [5.74, 6) is 0.594. The summed E-state index contributed by atoms with van der Waals surface area (Å²) in [5, 5.41) is 4.91. The molecule has 174 valence electrons. The Hall–Kier alpha value is -3.10. The van der Waals surface area contributed by atoms with Gasteiger partial charge in [-0.15, -0.1) is 0 Å². The van der Waals surface area contributed by atoms with E-state index in [0.717, 1.165) is 23.6 Å². The molecule has 7 nitrogen and oxygen atoms in total. The van der Waals surface area contributed by atoms with Gasteiger partial charge >= 0.3 is 0 Å². The minimum Gasteiger partial charge on any atom is -0.495 e. The molecule has 8 heteroatoms. The van der Waals surface area contributed by atoms with Crippen LogP contribution in [0.1, 0.15) is 26.2 Å². The summed E-state index contributed by atoms with van der Waals surface area (Å²) in [4.78, 5) is 13.2. The normalized spacial score (nSPS) is 15.3. The highest BCUT2D eigenvalue weighted by molar-refractivity contribution is 7.89. The largest absolute Gasteiger partial charge is 0.495 e. The van der Waals surface area contributed by atoms with Crippen molar-refractivity contribution < 1.29 is 22.7 Å². The first-order chi connectivity index (χ1) is 15.9. The average molecular weight is 469 g/mol. The van der Waals surface area contributed by atoms with E-state index in [0.29, 0.717) is 36.7 Å². The van der Waals surface area contributed by atoms with Crippen molar-refractivity contribution in [2.75, 3.05) is 25.5 Å². The van der Waals surface area contributed by atoms with Crippen LogP contribution in [0, 0.1) is 0 Å². The number of fused-ring (bicyclic) bond motifs is 1. The SMILES string of the molecule is CCC(Oc1ccc2ccccc2c1)C(=O)Nc1cc(S(=O)(=O)N2CCCC2)ccc1OC. The fourth-order valence-corrected chi connectivity index (χ4v) is 5.51. The molecule has 0 saturated carbocycles. The summed E-state index contributed by atoms with van der Waals surface area (Å²) in [6.07, 6.45) is 1.38. The van der Waals surface area contributed by atoms with Crippen LogP contribution in [0.2, 0.25) is 0 Å². The number of nitrogens with zero attached hydrogens (tertiary/aromatic N) is 1. The van der Waals surface area contributed by atoms with Gasteiger partial charge in [0.25, 0.3) is 5.91 Å². The minimum absolute atomic E-state index is 0.129. The molecule has 0 aliphatic carbocycles. The van der Waals surface area contributed by atoms with Gasteiger partial charge in [0.1, 0.15) is 11.5 Å². The quantitative estimate of drug-likeness (QED) is 0.529. The summed E-state index contributed by atoms with van der Waals surface area (Å²) in [6.45, 7) is 2.87. The first-order valence-electron chi connectivity index (χ1n) is 11.1. The van der Waals surface area contributed by atoms with E-state index in [9.17, 15) is 13.2 Å². The molecule has 4 rings (SSSR count). The van der Waals surface area contributed by atoms with Crippen molar-refractivity contribution in [1.82, 2.24) is 4.31 Å². The number of hydrogen-bond acceptors (Lipinski definition) is 5. The lowest BCUT2D eigenvalue weighted by Crippen LogP contribution is -2.32. The van der Waals surface area contributed by atoms with Crippen molar-refractivity contribution >= 4 is 32.4 Å². The van der Waals surface area contributed by atoms with E-state index < -0.39 is 16.1 Å². The molecule has 1 atom stereocenters. The molecule has 1 aliphatic rings. The van der Waals surface area contributed by atoms with E-state index in [1.807, 2.05) is 49.4 Å². The Bertz CT molecular complexity index is 1250. The van der Waals surface area contributed by atoms with Crippen LogP contribution in [0.3, 0.4) is 0 Å². The Kier molecular flexibility index (Phi) is 6.85. The van der Waals surface area contributed by atoms with Crippen LogP contribution in [0.15, 0.2) is 65.6 Å².